The molecule has 75 heavy (non-hydrogen) atoms. The van der Waals surface area contributed by atoms with Crippen LogP contribution < -0.4 is 31.9 Å². The number of carboxylic acid groups (broad SMARTS) is 1. The zero-order chi connectivity index (χ0) is 53.8. The van der Waals surface area contributed by atoms with E-state index in [1.165, 1.54) is 22.7 Å². The van der Waals surface area contributed by atoms with Gasteiger partial charge in [-0.2, -0.15) is 10.2 Å². The van der Waals surface area contributed by atoms with Gasteiger partial charge in [0, 0.05) is 23.9 Å². The topological polar surface area (TPSA) is 321 Å². The second-order valence-corrected chi connectivity index (χ2v) is 21.6. The highest BCUT2D eigenvalue weighted by Crippen LogP contribution is 2.26. The number of carbonyl (C=O) groups excluding carboxylic acids is 7. The number of nitrogens with zero attached hydrogens (tertiary/aromatic N) is 4. The molecule has 26 heteroatoms. The predicted octanol–water partition coefficient (Wildman–Crippen LogP) is 5.87. The molecule has 8 aromatic rings. The largest absolute Gasteiger partial charge is 0.480 e. The van der Waals surface area contributed by atoms with E-state index in [0.29, 0.717) is 21.1 Å². The molecule has 22 nitrogen and oxygen atoms in total. The first-order valence-electron chi connectivity index (χ1n) is 22.8. The van der Waals surface area contributed by atoms with Crippen LogP contribution in [0.1, 0.15) is 82.0 Å². The molecule has 0 spiro atoms. The van der Waals surface area contributed by atoms with Crippen molar-refractivity contribution in [2.75, 3.05) is 30.3 Å². The van der Waals surface area contributed by atoms with Gasteiger partial charge in [0.1, 0.15) is 21.8 Å². The fourth-order valence-corrected chi connectivity index (χ4v) is 10.0. The quantitative estimate of drug-likeness (QED) is 0.0428. The number of anilines is 2. The third kappa shape index (κ3) is 15.0. The van der Waals surface area contributed by atoms with Gasteiger partial charge in [-0.15, -0.1) is 22.7 Å². The van der Waals surface area contributed by atoms with E-state index in [2.05, 4.69) is 62.3 Å². The van der Waals surface area contributed by atoms with Crippen LogP contribution in [-0.2, 0) is 36.8 Å². The van der Waals surface area contributed by atoms with Gasteiger partial charge in [-0.25, -0.2) is 19.6 Å². The van der Waals surface area contributed by atoms with Gasteiger partial charge in [-0.05, 0) is 65.4 Å². The second-order valence-electron chi connectivity index (χ2n) is 17.7. The monoisotopic (exact) mass is 1090 g/mol. The number of aliphatic carboxylic acids is 1. The molecular formula is C49H50N12O10S4. The predicted molar refractivity (Wildman–Crippen MR) is 284 cm³/mol. The number of thiazole rings is 2. The Balaban J connectivity index is 0.000000221. The van der Waals surface area contributed by atoms with E-state index in [9.17, 15) is 43.5 Å². The Morgan fingerprint density at radius 1 is 0.627 bits per heavy atom. The van der Waals surface area contributed by atoms with Gasteiger partial charge in [-0.1, -0.05) is 79.8 Å². The fraction of sp³-hybridized carbons (Fsp3) is 0.265. The molecule has 6 aromatic heterocycles. The molecule has 6 amide bonds. The number of carboxylic acids is 1. The molecule has 9 N–H and O–H groups in total. The highest BCUT2D eigenvalue weighted by Gasteiger charge is 2.29. The third-order valence-electron chi connectivity index (χ3n) is 10.6. The lowest BCUT2D eigenvalue weighted by Crippen LogP contribution is -2.49. The van der Waals surface area contributed by atoms with E-state index in [4.69, 9.17) is 4.74 Å². The number of aryl methyl sites for hydroxylation is 2. The molecule has 0 fully saturated rings. The maximum Gasteiger partial charge on any atom is 0.330 e. The number of H-pyrrole nitrogens is 2. The van der Waals surface area contributed by atoms with Gasteiger partial charge in [-0.3, -0.25) is 39.0 Å². The number of thiophene rings is 2. The number of hydrogen-bond donors (Lipinski definition) is 9. The first-order valence-corrected chi connectivity index (χ1v) is 26.2. The Hall–Kier alpha value is -8.20. The highest BCUT2D eigenvalue weighted by molar-refractivity contribution is 7.18. The minimum Gasteiger partial charge on any atom is -0.480 e. The summed E-state index contributed by atoms with van der Waals surface area (Å²) in [5.41, 5.74) is 3.68. The lowest BCUT2D eigenvalue weighted by Gasteiger charge is -2.22. The molecule has 0 saturated carbocycles. The normalized spacial score (nSPS) is 11.9. The summed E-state index contributed by atoms with van der Waals surface area (Å²) >= 11 is 4.41. The first-order chi connectivity index (χ1) is 35.8. The van der Waals surface area contributed by atoms with Gasteiger partial charge >= 0.3 is 11.9 Å². The van der Waals surface area contributed by atoms with Crippen molar-refractivity contribution in [1.82, 2.24) is 51.6 Å². The van der Waals surface area contributed by atoms with Crippen LogP contribution in [0.4, 0.5) is 10.3 Å². The summed E-state index contributed by atoms with van der Waals surface area (Å²) in [6.07, 6.45) is 3.50. The Kier molecular flexibility index (Phi) is 18.0. The number of hydrogen-bond acceptors (Lipinski definition) is 17. The number of amides is 6. The molecule has 0 bridgehead atoms. The summed E-state index contributed by atoms with van der Waals surface area (Å²) in [5, 5.41) is 44.5. The van der Waals surface area contributed by atoms with Gasteiger partial charge in [0.15, 0.2) is 10.3 Å². The summed E-state index contributed by atoms with van der Waals surface area (Å²) in [6, 6.07) is 15.3. The van der Waals surface area contributed by atoms with Crippen molar-refractivity contribution in [2.24, 2.45) is 5.41 Å². The molecule has 0 aliphatic rings. The van der Waals surface area contributed by atoms with E-state index in [1.807, 2.05) is 57.2 Å². The number of carbonyl (C=O) groups is 8. The Bertz CT molecular complexity index is 3350. The number of benzene rings is 2. The van der Waals surface area contributed by atoms with Crippen molar-refractivity contribution in [2.45, 2.75) is 59.5 Å². The van der Waals surface area contributed by atoms with Crippen LogP contribution in [0.5, 0.6) is 0 Å². The van der Waals surface area contributed by atoms with Gasteiger partial charge in [0.25, 0.3) is 23.6 Å². The molecule has 8 rings (SSSR count). The van der Waals surface area contributed by atoms with Crippen molar-refractivity contribution in [3.05, 3.63) is 126 Å². The second kappa shape index (κ2) is 24.7. The first kappa shape index (κ1) is 54.6. The van der Waals surface area contributed by atoms with Crippen molar-refractivity contribution >= 4 is 125 Å². The Labute approximate surface area is 443 Å². The van der Waals surface area contributed by atoms with Crippen LogP contribution in [0.3, 0.4) is 0 Å². The van der Waals surface area contributed by atoms with Crippen molar-refractivity contribution in [3.8, 4) is 0 Å². The number of fused-ring (bicyclic) bond motifs is 2. The Morgan fingerprint density at radius 3 is 1.51 bits per heavy atom. The van der Waals surface area contributed by atoms with Crippen LogP contribution in [-0.4, -0.2) is 115 Å². The number of rotatable bonds is 19. The number of ether oxygens (including phenoxy) is 1. The number of aromatic nitrogens is 6. The molecule has 0 radical (unpaired) electrons. The van der Waals surface area contributed by atoms with Gasteiger partial charge < -0.3 is 41.7 Å². The molecule has 6 heterocycles. The van der Waals surface area contributed by atoms with Crippen LogP contribution in [0, 0.1) is 19.3 Å². The summed E-state index contributed by atoms with van der Waals surface area (Å²) in [5.74, 6) is -4.60. The summed E-state index contributed by atoms with van der Waals surface area (Å²) in [7, 11) is 0. The SMILES string of the molecule is Cc1nc(NC(=O)Cc2cccc3[nH]ncc23)sc1C(=O)N[C@@H](CNC(=O)c1cccs1)C(=O)O.Cc1nc(NC(=O)Cc2cccc3[nH]ncc23)sc1C(=O)N[C@@H](CNC(=O)c1cccs1)C(=O)OCC(C)(C)C. The van der Waals surface area contributed by atoms with Gasteiger partial charge in [0.05, 0.1) is 64.0 Å². The third-order valence-corrected chi connectivity index (χ3v) is 14.5. The number of nitrogens with one attached hydrogen (secondary N) is 8. The standard InChI is InChI=1S/C27H30N6O5S2.C22H20N6O5S2/c1-15-22(40-26(30-15)32-21(34)11-16-7-5-8-18-17(16)12-29-33-18)24(36)31-19(25(37)38-14-27(2,3)4)13-28-23(35)20-9-6-10-39-20;1-11-18(20(31)26-15(21(32)33)10-23-19(30)16-6-3-7-34-16)35-22(25-11)27-17(29)8-12-4-2-5-14-13(12)9-24-28-14/h5-10,12,19H,11,13-14H2,1-4H3,(H,28,35)(H,29,33)(H,31,36)(H,30,32,34);2-7,9,15H,8,10H2,1H3,(H,23,30)(H,24,28)(H,26,31)(H,32,33)(H,25,27,29)/t19-;15-/m00/s1. The van der Waals surface area contributed by atoms with Crippen LogP contribution in [0.15, 0.2) is 83.8 Å². The minimum absolute atomic E-state index is 0.0854. The van der Waals surface area contributed by atoms with Crippen LogP contribution in [0.2, 0.25) is 0 Å². The number of aromatic amines is 2. The smallest absolute Gasteiger partial charge is 0.330 e. The summed E-state index contributed by atoms with van der Waals surface area (Å²) in [4.78, 5) is 110. The zero-order valence-electron chi connectivity index (χ0n) is 40.8. The van der Waals surface area contributed by atoms with Gasteiger partial charge in [0.2, 0.25) is 11.8 Å². The molecule has 0 aliphatic carbocycles. The van der Waals surface area contributed by atoms with Crippen LogP contribution in [0.25, 0.3) is 21.8 Å². The fourth-order valence-electron chi connectivity index (χ4n) is 6.97. The van der Waals surface area contributed by atoms with E-state index in [0.717, 1.165) is 55.6 Å². The molecule has 2 aromatic carbocycles. The number of esters is 1. The highest BCUT2D eigenvalue weighted by atomic mass is 32.1. The van der Waals surface area contributed by atoms with Crippen molar-refractivity contribution < 1.29 is 48.2 Å². The van der Waals surface area contributed by atoms with E-state index >= 15 is 0 Å². The van der Waals surface area contributed by atoms with Crippen molar-refractivity contribution in [1.29, 1.82) is 0 Å². The molecule has 0 saturated heterocycles. The van der Waals surface area contributed by atoms with E-state index in [-0.39, 0.29) is 75.7 Å². The summed E-state index contributed by atoms with van der Waals surface area (Å²) < 4.78 is 5.42. The molecule has 0 aliphatic heterocycles. The average molecular weight is 1100 g/mol. The summed E-state index contributed by atoms with van der Waals surface area (Å²) in [6.45, 7) is 8.65. The molecule has 2 atom stereocenters. The minimum atomic E-state index is -1.35. The maximum atomic E-state index is 13.2. The lowest BCUT2D eigenvalue weighted by molar-refractivity contribution is -0.148. The lowest BCUT2D eigenvalue weighted by atomic mass is 9.99. The maximum absolute atomic E-state index is 13.2. The molecular weight excluding hydrogens is 1040 g/mol. The van der Waals surface area contributed by atoms with E-state index in [1.54, 1.807) is 61.3 Å². The Morgan fingerprint density at radius 2 is 1.08 bits per heavy atom. The molecule has 390 valence electrons. The zero-order valence-corrected chi connectivity index (χ0v) is 44.1. The van der Waals surface area contributed by atoms with Crippen molar-refractivity contribution in [3.63, 3.8) is 0 Å². The average Bonchev–Trinajstić information content (AvgIpc) is 4.23. The van der Waals surface area contributed by atoms with E-state index < -0.39 is 41.7 Å². The van der Waals surface area contributed by atoms with Crippen LogP contribution >= 0.6 is 45.3 Å². The molecule has 0 unspecified atom stereocenters.